The third-order valence-corrected chi connectivity index (χ3v) is 6.55. The van der Waals surface area contributed by atoms with Crippen molar-refractivity contribution in [3.05, 3.63) is 88.7 Å². The number of nitrogens with zero attached hydrogens (tertiary/aromatic N) is 3. The number of fused-ring (bicyclic) bond motifs is 1. The van der Waals surface area contributed by atoms with Crippen molar-refractivity contribution >= 4 is 23.4 Å². The highest BCUT2D eigenvalue weighted by Crippen LogP contribution is 2.34. The second-order valence-corrected chi connectivity index (χ2v) is 9.84. The Bertz CT molecular complexity index is 1200. The summed E-state index contributed by atoms with van der Waals surface area (Å²) < 4.78 is 7.61. The Balaban J connectivity index is 1.68. The highest BCUT2D eigenvalue weighted by Gasteiger charge is 2.36. The average molecular weight is 480 g/mol. The molecule has 1 atom stereocenters. The number of aromatic nitrogens is 1. The zero-order chi connectivity index (χ0) is 24.5. The zero-order valence-electron chi connectivity index (χ0n) is 20.0. The van der Waals surface area contributed by atoms with Gasteiger partial charge in [0.2, 0.25) is 5.91 Å². The largest absolute Gasteiger partial charge is 0.497 e. The van der Waals surface area contributed by atoms with Gasteiger partial charge in [0.15, 0.2) is 0 Å². The first-order chi connectivity index (χ1) is 16.2. The third kappa shape index (κ3) is 4.68. The molecule has 6 nitrogen and oxygen atoms in total. The Morgan fingerprint density at radius 1 is 1.06 bits per heavy atom. The monoisotopic (exact) mass is 479 g/mol. The molecule has 0 aliphatic carbocycles. The van der Waals surface area contributed by atoms with Crippen LogP contribution in [0.2, 0.25) is 5.02 Å². The molecular weight excluding hydrogens is 450 g/mol. The fraction of sp³-hybridized carbons (Fsp3) is 0.333. The molecule has 0 bridgehead atoms. The predicted molar refractivity (Wildman–Crippen MR) is 133 cm³/mol. The molecule has 2 aromatic carbocycles. The first-order valence-electron chi connectivity index (χ1n) is 11.4. The van der Waals surface area contributed by atoms with Gasteiger partial charge in [0.25, 0.3) is 5.91 Å². The van der Waals surface area contributed by atoms with Gasteiger partial charge in [-0.15, -0.1) is 0 Å². The van der Waals surface area contributed by atoms with E-state index in [1.165, 1.54) is 0 Å². The van der Waals surface area contributed by atoms with Gasteiger partial charge in [0, 0.05) is 30.5 Å². The van der Waals surface area contributed by atoms with Crippen molar-refractivity contribution in [2.75, 3.05) is 20.2 Å². The molecule has 178 valence electrons. The van der Waals surface area contributed by atoms with Crippen LogP contribution in [0.25, 0.3) is 0 Å². The van der Waals surface area contributed by atoms with Gasteiger partial charge < -0.3 is 19.1 Å². The molecule has 0 radical (unpaired) electrons. The Morgan fingerprint density at radius 3 is 2.53 bits per heavy atom. The summed E-state index contributed by atoms with van der Waals surface area (Å²) in [5, 5.41) is 0.374. The first kappa shape index (κ1) is 23.9. The molecule has 0 spiro atoms. The summed E-state index contributed by atoms with van der Waals surface area (Å²) in [6.45, 7) is 6.97. The smallest absolute Gasteiger partial charge is 0.256 e. The zero-order valence-corrected chi connectivity index (χ0v) is 20.7. The minimum atomic E-state index is -0.576. The number of benzene rings is 2. The van der Waals surface area contributed by atoms with Crippen LogP contribution in [0.15, 0.2) is 66.9 Å². The number of rotatable bonds is 5. The lowest BCUT2D eigenvalue weighted by Gasteiger charge is -2.41. The van der Waals surface area contributed by atoms with Gasteiger partial charge in [0.1, 0.15) is 12.3 Å². The second-order valence-electron chi connectivity index (χ2n) is 9.43. The fourth-order valence-corrected chi connectivity index (χ4v) is 4.65. The van der Waals surface area contributed by atoms with Gasteiger partial charge in [-0.2, -0.15) is 0 Å². The molecule has 1 aliphatic heterocycles. The molecule has 3 aromatic rings. The molecule has 7 heteroatoms. The van der Waals surface area contributed by atoms with Crippen LogP contribution >= 0.6 is 11.6 Å². The minimum Gasteiger partial charge on any atom is -0.497 e. The quantitative estimate of drug-likeness (QED) is 0.516. The van der Waals surface area contributed by atoms with Crippen molar-refractivity contribution in [1.82, 2.24) is 14.4 Å². The van der Waals surface area contributed by atoms with E-state index in [4.69, 9.17) is 16.3 Å². The van der Waals surface area contributed by atoms with Crippen molar-refractivity contribution in [3.8, 4) is 5.75 Å². The summed E-state index contributed by atoms with van der Waals surface area (Å²) in [6.07, 6.45) is 2.03. The molecular formula is C27H30ClN3O3. The van der Waals surface area contributed by atoms with Gasteiger partial charge in [-0.3, -0.25) is 9.59 Å². The van der Waals surface area contributed by atoms with E-state index in [2.05, 4.69) is 4.57 Å². The normalized spacial score (nSPS) is 15.6. The highest BCUT2D eigenvalue weighted by atomic mass is 35.5. The number of ether oxygens (including phenoxy) is 1. The molecule has 2 heterocycles. The molecule has 0 fully saturated rings. The van der Waals surface area contributed by atoms with E-state index in [1.54, 1.807) is 36.3 Å². The third-order valence-electron chi connectivity index (χ3n) is 6.22. The number of carbonyl (C=O) groups is 2. The molecule has 1 unspecified atom stereocenters. The predicted octanol–water partition coefficient (Wildman–Crippen LogP) is 5.02. The minimum absolute atomic E-state index is 0.0469. The van der Waals surface area contributed by atoms with Gasteiger partial charge in [-0.25, -0.2) is 0 Å². The van der Waals surface area contributed by atoms with Gasteiger partial charge in [-0.05, 0) is 62.7 Å². The van der Waals surface area contributed by atoms with Crippen LogP contribution in [0.3, 0.4) is 0 Å². The summed E-state index contributed by atoms with van der Waals surface area (Å²) in [6, 6.07) is 18.5. The number of carbonyl (C=O) groups excluding carboxylic acids is 2. The van der Waals surface area contributed by atoms with Gasteiger partial charge >= 0.3 is 0 Å². The van der Waals surface area contributed by atoms with E-state index in [9.17, 15) is 9.59 Å². The molecule has 0 N–H and O–H groups in total. The molecule has 34 heavy (non-hydrogen) atoms. The molecule has 4 rings (SSSR count). The lowest BCUT2D eigenvalue weighted by molar-refractivity contribution is -0.135. The number of halogens is 1. The van der Waals surface area contributed by atoms with Crippen molar-refractivity contribution < 1.29 is 14.3 Å². The van der Waals surface area contributed by atoms with Crippen LogP contribution in [-0.4, -0.2) is 51.9 Å². The van der Waals surface area contributed by atoms with Crippen molar-refractivity contribution in [3.63, 3.8) is 0 Å². The SMILES string of the molecule is COc1cccc(C2c3cccn3CCN2C(=O)CN(C(=O)c2ccccc2Cl)C(C)(C)C)c1. The Hall–Kier alpha value is -3.25. The summed E-state index contributed by atoms with van der Waals surface area (Å²) in [5.41, 5.74) is 1.82. The van der Waals surface area contributed by atoms with E-state index in [0.29, 0.717) is 23.7 Å². The van der Waals surface area contributed by atoms with Crippen LogP contribution in [0.4, 0.5) is 0 Å². The van der Waals surface area contributed by atoms with Gasteiger partial charge in [-0.1, -0.05) is 35.9 Å². The Labute approximate surface area is 205 Å². The van der Waals surface area contributed by atoms with E-state index < -0.39 is 5.54 Å². The maximum atomic E-state index is 13.8. The maximum Gasteiger partial charge on any atom is 0.256 e. The number of hydrogen-bond donors (Lipinski definition) is 0. The highest BCUT2D eigenvalue weighted by molar-refractivity contribution is 6.33. The Morgan fingerprint density at radius 2 is 1.82 bits per heavy atom. The summed E-state index contributed by atoms with van der Waals surface area (Å²) in [4.78, 5) is 30.7. The van der Waals surface area contributed by atoms with E-state index in [-0.39, 0.29) is 24.4 Å². The molecule has 1 aromatic heterocycles. The molecule has 2 amide bonds. The summed E-state index contributed by atoms with van der Waals surface area (Å²) in [5.74, 6) is 0.360. The van der Waals surface area contributed by atoms with E-state index in [1.807, 2.05) is 68.3 Å². The first-order valence-corrected chi connectivity index (χ1v) is 11.7. The van der Waals surface area contributed by atoms with Crippen molar-refractivity contribution in [1.29, 1.82) is 0 Å². The van der Waals surface area contributed by atoms with E-state index >= 15 is 0 Å². The maximum absolute atomic E-state index is 13.8. The summed E-state index contributed by atoms with van der Waals surface area (Å²) in [7, 11) is 1.63. The summed E-state index contributed by atoms with van der Waals surface area (Å²) >= 11 is 6.32. The lowest BCUT2D eigenvalue weighted by atomic mass is 9.99. The number of amides is 2. The molecule has 0 saturated heterocycles. The topological polar surface area (TPSA) is 54.8 Å². The van der Waals surface area contributed by atoms with Crippen LogP contribution in [0.5, 0.6) is 5.75 Å². The average Bonchev–Trinajstić information content (AvgIpc) is 3.30. The number of methoxy groups -OCH3 is 1. The fourth-order valence-electron chi connectivity index (χ4n) is 4.43. The van der Waals surface area contributed by atoms with Crippen LogP contribution in [0, 0.1) is 0 Å². The van der Waals surface area contributed by atoms with Gasteiger partial charge in [0.05, 0.1) is 23.7 Å². The molecule has 0 saturated carbocycles. The van der Waals surface area contributed by atoms with Crippen molar-refractivity contribution in [2.45, 2.75) is 38.9 Å². The van der Waals surface area contributed by atoms with Crippen LogP contribution in [0.1, 0.15) is 48.4 Å². The Kier molecular flexibility index (Phi) is 6.71. The van der Waals surface area contributed by atoms with Crippen LogP contribution in [-0.2, 0) is 11.3 Å². The van der Waals surface area contributed by atoms with E-state index in [0.717, 1.165) is 17.0 Å². The van der Waals surface area contributed by atoms with Crippen molar-refractivity contribution in [2.24, 2.45) is 0 Å². The molecule has 1 aliphatic rings. The second kappa shape index (κ2) is 9.55. The lowest BCUT2D eigenvalue weighted by Crippen LogP contribution is -2.53. The number of hydrogen-bond acceptors (Lipinski definition) is 3. The standard InChI is InChI=1S/C27H30ClN3O3/c1-27(2,3)31(26(33)21-11-5-6-12-22(21)28)18-24(32)30-16-15-29-14-8-13-23(29)25(30)19-9-7-10-20(17-19)34-4/h5-14,17,25H,15-16,18H2,1-4H3. The van der Waals surface area contributed by atoms with Crippen LogP contribution < -0.4 is 4.74 Å².